The van der Waals surface area contributed by atoms with Gasteiger partial charge in [0.05, 0.1) is 6.54 Å². The number of halogens is 1. The molecule has 0 bridgehead atoms. The number of aryl methyl sites for hydroxylation is 1. The average molecular weight is 372 g/mol. The predicted octanol–water partition coefficient (Wildman–Crippen LogP) is 3.24. The lowest BCUT2D eigenvalue weighted by molar-refractivity contribution is 0.194. The fourth-order valence-corrected chi connectivity index (χ4v) is 4.50. The number of piperidine rings is 1. The summed E-state index contributed by atoms with van der Waals surface area (Å²) in [6.07, 6.45) is 4.92. The fraction of sp³-hybridized carbons (Fsp3) is 0.619. The van der Waals surface area contributed by atoms with Gasteiger partial charge in [-0.05, 0) is 75.5 Å². The molecule has 1 aromatic carbocycles. The van der Waals surface area contributed by atoms with Crippen LogP contribution in [0.4, 0.5) is 4.39 Å². The van der Waals surface area contributed by atoms with Crippen molar-refractivity contribution < 1.29 is 4.39 Å². The summed E-state index contributed by atoms with van der Waals surface area (Å²) in [6, 6.07) is 5.12. The van der Waals surface area contributed by atoms with Crippen molar-refractivity contribution in [2.75, 3.05) is 26.2 Å². The van der Waals surface area contributed by atoms with Gasteiger partial charge in [0, 0.05) is 26.1 Å². The van der Waals surface area contributed by atoms with Crippen LogP contribution in [0.25, 0.3) is 0 Å². The van der Waals surface area contributed by atoms with E-state index in [0.29, 0.717) is 5.92 Å². The molecule has 6 heteroatoms. The number of benzene rings is 1. The van der Waals surface area contributed by atoms with Crippen LogP contribution in [-0.2, 0) is 20.1 Å². The summed E-state index contributed by atoms with van der Waals surface area (Å²) in [5.74, 6) is 2.46. The number of rotatable bonds is 5. The number of hydrogen-bond acceptors (Lipinski definition) is 4. The Kier molecular flexibility index (Phi) is 5.55. The molecule has 0 aliphatic carbocycles. The van der Waals surface area contributed by atoms with Crippen molar-refractivity contribution in [2.24, 2.45) is 7.05 Å². The van der Waals surface area contributed by atoms with Crippen molar-refractivity contribution >= 4 is 0 Å². The quantitative estimate of drug-likeness (QED) is 0.809. The van der Waals surface area contributed by atoms with E-state index in [1.54, 1.807) is 12.1 Å². The maximum Gasteiger partial charge on any atom is 0.146 e. The first-order valence-corrected chi connectivity index (χ1v) is 10.2. The standard InChI is InChI=1S/C21H30FN5/c1-16-12-19(22)8-7-17(16)13-27-11-5-6-18(14-27)21-24-23-20(25(21)2)15-26-9-3-4-10-26/h7-8,12,18H,3-6,9-11,13-15H2,1-2H3. The molecule has 2 saturated heterocycles. The Bertz CT molecular complexity index is 781. The molecule has 2 aliphatic rings. The molecule has 0 N–H and O–H groups in total. The van der Waals surface area contributed by atoms with E-state index in [-0.39, 0.29) is 5.82 Å². The van der Waals surface area contributed by atoms with Crippen molar-refractivity contribution in [1.82, 2.24) is 24.6 Å². The zero-order chi connectivity index (χ0) is 18.8. The minimum absolute atomic E-state index is 0.155. The Balaban J connectivity index is 1.42. The molecule has 3 heterocycles. The number of aromatic nitrogens is 3. The molecule has 1 aromatic heterocycles. The molecule has 2 fully saturated rings. The normalized spacial score (nSPS) is 21.8. The first kappa shape index (κ1) is 18.6. The van der Waals surface area contributed by atoms with Crippen LogP contribution in [0, 0.1) is 12.7 Å². The van der Waals surface area contributed by atoms with Crippen LogP contribution in [0.5, 0.6) is 0 Å². The molecule has 0 saturated carbocycles. The van der Waals surface area contributed by atoms with Crippen LogP contribution in [0.2, 0.25) is 0 Å². The Morgan fingerprint density at radius 2 is 1.81 bits per heavy atom. The smallest absolute Gasteiger partial charge is 0.146 e. The highest BCUT2D eigenvalue weighted by atomic mass is 19.1. The third kappa shape index (κ3) is 4.22. The van der Waals surface area contributed by atoms with E-state index >= 15 is 0 Å². The summed E-state index contributed by atoms with van der Waals surface area (Å²) < 4.78 is 15.6. The monoisotopic (exact) mass is 371 g/mol. The summed E-state index contributed by atoms with van der Waals surface area (Å²) in [4.78, 5) is 4.95. The SMILES string of the molecule is Cc1cc(F)ccc1CN1CCCC(c2nnc(CN3CCCC3)n2C)C1. The fourth-order valence-electron chi connectivity index (χ4n) is 4.50. The molecule has 0 radical (unpaired) electrons. The molecule has 0 spiro atoms. The molecule has 146 valence electrons. The van der Waals surface area contributed by atoms with Crippen molar-refractivity contribution in [3.8, 4) is 0 Å². The maximum atomic E-state index is 13.4. The van der Waals surface area contributed by atoms with Crippen molar-refractivity contribution in [3.63, 3.8) is 0 Å². The van der Waals surface area contributed by atoms with Crippen LogP contribution in [-0.4, -0.2) is 50.7 Å². The second-order valence-corrected chi connectivity index (χ2v) is 8.16. The van der Waals surface area contributed by atoms with E-state index in [0.717, 1.165) is 49.8 Å². The summed E-state index contributed by atoms with van der Waals surface area (Å²) >= 11 is 0. The zero-order valence-corrected chi connectivity index (χ0v) is 16.5. The zero-order valence-electron chi connectivity index (χ0n) is 16.5. The lowest BCUT2D eigenvalue weighted by Gasteiger charge is -2.32. The minimum atomic E-state index is -0.155. The van der Waals surface area contributed by atoms with Crippen molar-refractivity contribution in [3.05, 3.63) is 46.8 Å². The Labute approximate surface area is 161 Å². The summed E-state index contributed by atoms with van der Waals surface area (Å²) in [5.41, 5.74) is 2.24. The van der Waals surface area contributed by atoms with Crippen LogP contribution in [0.15, 0.2) is 18.2 Å². The van der Waals surface area contributed by atoms with E-state index in [9.17, 15) is 4.39 Å². The second-order valence-electron chi connectivity index (χ2n) is 8.16. The molecule has 2 aliphatic heterocycles. The van der Waals surface area contributed by atoms with Gasteiger partial charge in [-0.25, -0.2) is 4.39 Å². The van der Waals surface area contributed by atoms with Gasteiger partial charge in [0.25, 0.3) is 0 Å². The molecule has 1 unspecified atom stereocenters. The van der Waals surface area contributed by atoms with Crippen molar-refractivity contribution in [1.29, 1.82) is 0 Å². The first-order valence-electron chi connectivity index (χ1n) is 10.2. The van der Waals surface area contributed by atoms with E-state index in [1.165, 1.54) is 37.9 Å². The van der Waals surface area contributed by atoms with Crippen LogP contribution in [0.1, 0.15) is 54.4 Å². The molecule has 5 nitrogen and oxygen atoms in total. The highest BCUT2D eigenvalue weighted by Crippen LogP contribution is 2.27. The third-order valence-electron chi connectivity index (χ3n) is 6.13. The molecular formula is C21H30FN5. The molecule has 2 aromatic rings. The molecule has 1 atom stereocenters. The van der Waals surface area contributed by atoms with Gasteiger partial charge in [-0.3, -0.25) is 9.80 Å². The average Bonchev–Trinajstić information content (AvgIpc) is 3.29. The number of nitrogens with zero attached hydrogens (tertiary/aromatic N) is 5. The summed E-state index contributed by atoms with van der Waals surface area (Å²) in [5, 5.41) is 9.06. The third-order valence-corrected chi connectivity index (χ3v) is 6.13. The van der Waals surface area contributed by atoms with Gasteiger partial charge in [0.15, 0.2) is 0 Å². The van der Waals surface area contributed by atoms with E-state index in [2.05, 4.69) is 31.6 Å². The van der Waals surface area contributed by atoms with Gasteiger partial charge in [-0.15, -0.1) is 10.2 Å². The van der Waals surface area contributed by atoms with Gasteiger partial charge >= 0.3 is 0 Å². The maximum absolute atomic E-state index is 13.4. The minimum Gasteiger partial charge on any atom is -0.317 e. The first-order chi connectivity index (χ1) is 13.1. The highest BCUT2D eigenvalue weighted by Gasteiger charge is 2.27. The van der Waals surface area contributed by atoms with Gasteiger partial charge in [-0.2, -0.15) is 0 Å². The predicted molar refractivity (Wildman–Crippen MR) is 104 cm³/mol. The number of likely N-dealkylation sites (tertiary alicyclic amines) is 2. The lowest BCUT2D eigenvalue weighted by atomic mass is 9.96. The van der Waals surface area contributed by atoms with Gasteiger partial charge in [0.2, 0.25) is 0 Å². The molecular weight excluding hydrogens is 341 g/mol. The Morgan fingerprint density at radius 1 is 1.04 bits per heavy atom. The molecule has 4 rings (SSSR count). The van der Waals surface area contributed by atoms with Gasteiger partial charge in [0.1, 0.15) is 17.5 Å². The Morgan fingerprint density at radius 3 is 2.59 bits per heavy atom. The molecule has 0 amide bonds. The Hall–Kier alpha value is -1.79. The topological polar surface area (TPSA) is 37.2 Å². The van der Waals surface area contributed by atoms with E-state index < -0.39 is 0 Å². The molecule has 27 heavy (non-hydrogen) atoms. The number of hydrogen-bond donors (Lipinski definition) is 0. The van der Waals surface area contributed by atoms with Crippen LogP contribution in [0.3, 0.4) is 0 Å². The summed E-state index contributed by atoms with van der Waals surface area (Å²) in [7, 11) is 2.11. The van der Waals surface area contributed by atoms with Crippen molar-refractivity contribution in [2.45, 2.75) is 51.6 Å². The second kappa shape index (κ2) is 8.07. The van der Waals surface area contributed by atoms with Crippen LogP contribution < -0.4 is 0 Å². The largest absolute Gasteiger partial charge is 0.317 e. The lowest BCUT2D eigenvalue weighted by Crippen LogP contribution is -2.35. The van der Waals surface area contributed by atoms with Crippen LogP contribution >= 0.6 is 0 Å². The van der Waals surface area contributed by atoms with E-state index in [4.69, 9.17) is 0 Å². The summed E-state index contributed by atoms with van der Waals surface area (Å²) in [6.45, 7) is 8.22. The van der Waals surface area contributed by atoms with E-state index in [1.807, 2.05) is 13.0 Å². The highest BCUT2D eigenvalue weighted by molar-refractivity contribution is 5.26. The van der Waals surface area contributed by atoms with Gasteiger partial charge in [-0.1, -0.05) is 6.07 Å². The van der Waals surface area contributed by atoms with Gasteiger partial charge < -0.3 is 4.57 Å².